The van der Waals surface area contributed by atoms with Crippen molar-refractivity contribution in [3.05, 3.63) is 65.5 Å². The number of aryl methyl sites for hydroxylation is 1. The van der Waals surface area contributed by atoms with Crippen LogP contribution in [0.25, 0.3) is 11.0 Å². The molecule has 1 aromatic heterocycles. The van der Waals surface area contributed by atoms with E-state index in [1.54, 1.807) is 26.0 Å². The summed E-state index contributed by atoms with van der Waals surface area (Å²) < 4.78 is 2.20. The van der Waals surface area contributed by atoms with E-state index in [2.05, 4.69) is 31.2 Å². The maximum Gasteiger partial charge on any atom is 0.253 e. The van der Waals surface area contributed by atoms with E-state index >= 15 is 0 Å². The summed E-state index contributed by atoms with van der Waals surface area (Å²) in [6.07, 6.45) is 0. The Bertz CT molecular complexity index is 1000. The van der Waals surface area contributed by atoms with E-state index in [1.165, 1.54) is 0 Å². The Morgan fingerprint density at radius 1 is 1.10 bits per heavy atom. The van der Waals surface area contributed by atoms with Gasteiger partial charge in [-0.3, -0.25) is 9.79 Å². The number of carbonyl (C=O) groups excluding carboxylic acids is 1. The highest BCUT2D eigenvalue weighted by atomic mass is 16.2. The topological polar surface area (TPSA) is 74.5 Å². The van der Waals surface area contributed by atoms with E-state index in [0.717, 1.165) is 41.5 Å². The summed E-state index contributed by atoms with van der Waals surface area (Å²) in [5.41, 5.74) is 3.93. The predicted molar refractivity (Wildman–Crippen MR) is 117 cm³/mol. The Morgan fingerprint density at radius 3 is 2.52 bits per heavy atom. The van der Waals surface area contributed by atoms with Gasteiger partial charge >= 0.3 is 0 Å². The van der Waals surface area contributed by atoms with E-state index in [4.69, 9.17) is 0 Å². The number of benzene rings is 2. The Labute approximate surface area is 171 Å². The monoisotopic (exact) mass is 392 g/mol. The Kier molecular flexibility index (Phi) is 6.49. The molecule has 0 bridgehead atoms. The van der Waals surface area contributed by atoms with Gasteiger partial charge in [0, 0.05) is 46.3 Å². The average Bonchev–Trinajstić information content (AvgIpc) is 3.05. The Balaban J connectivity index is 1.52. The molecular formula is C22H28N6O. The highest BCUT2D eigenvalue weighted by molar-refractivity contribution is 5.93. The van der Waals surface area contributed by atoms with Crippen molar-refractivity contribution in [3.63, 3.8) is 0 Å². The number of hydrogen-bond acceptors (Lipinski definition) is 3. The summed E-state index contributed by atoms with van der Waals surface area (Å²) in [6, 6.07) is 15.8. The molecule has 0 atom stereocenters. The second kappa shape index (κ2) is 9.23. The van der Waals surface area contributed by atoms with Crippen LogP contribution in [0.4, 0.5) is 0 Å². The average molecular weight is 393 g/mol. The van der Waals surface area contributed by atoms with Gasteiger partial charge < -0.3 is 20.1 Å². The third-order valence-corrected chi connectivity index (χ3v) is 4.76. The minimum absolute atomic E-state index is 0.00399. The molecule has 7 heteroatoms. The van der Waals surface area contributed by atoms with E-state index in [-0.39, 0.29) is 5.91 Å². The number of imidazole rings is 1. The molecule has 3 aromatic rings. The number of guanidine groups is 1. The molecule has 0 spiro atoms. The van der Waals surface area contributed by atoms with Crippen LogP contribution in [0.15, 0.2) is 53.5 Å². The molecule has 2 N–H and O–H groups in total. The first-order valence-electron chi connectivity index (χ1n) is 9.66. The lowest BCUT2D eigenvalue weighted by atomic mass is 10.1. The van der Waals surface area contributed by atoms with E-state index in [9.17, 15) is 4.79 Å². The number of para-hydroxylation sites is 2. The summed E-state index contributed by atoms with van der Waals surface area (Å²) in [7, 11) is 5.26. The molecule has 0 saturated carbocycles. The lowest BCUT2D eigenvalue weighted by Crippen LogP contribution is -2.38. The zero-order valence-corrected chi connectivity index (χ0v) is 17.4. The smallest absolute Gasteiger partial charge is 0.253 e. The maximum atomic E-state index is 12.0. The first-order valence-corrected chi connectivity index (χ1v) is 9.66. The number of amides is 1. The molecular weight excluding hydrogens is 364 g/mol. The van der Waals surface area contributed by atoms with Gasteiger partial charge in [-0.2, -0.15) is 0 Å². The standard InChI is InChI=1S/C22H28N6O/c1-16-26-19-7-5-6-8-20(19)28(16)14-13-24-22(23-2)25-15-17-9-11-18(12-10-17)21(29)27(3)4/h5-12H,13-15H2,1-4H3,(H2,23,24,25). The van der Waals surface area contributed by atoms with Gasteiger partial charge in [-0.05, 0) is 36.8 Å². The number of carbonyl (C=O) groups is 1. The summed E-state index contributed by atoms with van der Waals surface area (Å²) in [5.74, 6) is 1.74. The summed E-state index contributed by atoms with van der Waals surface area (Å²) >= 11 is 0. The molecule has 0 radical (unpaired) electrons. The van der Waals surface area contributed by atoms with Crippen molar-refractivity contribution >= 4 is 22.9 Å². The quantitative estimate of drug-likeness (QED) is 0.499. The fraction of sp³-hybridized carbons (Fsp3) is 0.318. The van der Waals surface area contributed by atoms with Crippen molar-refractivity contribution < 1.29 is 4.79 Å². The Morgan fingerprint density at radius 2 is 1.83 bits per heavy atom. The van der Waals surface area contributed by atoms with Crippen molar-refractivity contribution in [1.29, 1.82) is 0 Å². The first-order chi connectivity index (χ1) is 14.0. The third-order valence-electron chi connectivity index (χ3n) is 4.76. The molecule has 7 nitrogen and oxygen atoms in total. The van der Waals surface area contributed by atoms with Gasteiger partial charge in [-0.15, -0.1) is 0 Å². The van der Waals surface area contributed by atoms with Crippen LogP contribution in [0, 0.1) is 6.92 Å². The molecule has 1 heterocycles. The van der Waals surface area contributed by atoms with Crippen molar-refractivity contribution in [3.8, 4) is 0 Å². The SMILES string of the molecule is CN=C(NCCn1c(C)nc2ccccc21)NCc1ccc(C(=O)N(C)C)cc1. The fourth-order valence-corrected chi connectivity index (χ4v) is 3.19. The normalized spacial score (nSPS) is 11.5. The molecule has 1 amide bonds. The molecule has 0 unspecified atom stereocenters. The van der Waals surface area contributed by atoms with E-state index in [0.29, 0.717) is 12.1 Å². The molecule has 3 rings (SSSR count). The second-order valence-corrected chi connectivity index (χ2v) is 7.05. The number of hydrogen-bond donors (Lipinski definition) is 2. The molecule has 0 aliphatic carbocycles. The molecule has 152 valence electrons. The maximum absolute atomic E-state index is 12.0. The van der Waals surface area contributed by atoms with Gasteiger partial charge in [0.2, 0.25) is 0 Å². The summed E-state index contributed by atoms with van der Waals surface area (Å²) in [5, 5.41) is 6.65. The minimum Gasteiger partial charge on any atom is -0.355 e. The lowest BCUT2D eigenvalue weighted by molar-refractivity contribution is 0.0827. The van der Waals surface area contributed by atoms with Crippen molar-refractivity contribution in [2.24, 2.45) is 4.99 Å². The number of nitrogens with zero attached hydrogens (tertiary/aromatic N) is 4. The van der Waals surface area contributed by atoms with Crippen LogP contribution >= 0.6 is 0 Å². The van der Waals surface area contributed by atoms with Crippen LogP contribution in [0.1, 0.15) is 21.7 Å². The predicted octanol–water partition coefficient (Wildman–Crippen LogP) is 2.41. The van der Waals surface area contributed by atoms with Crippen LogP contribution < -0.4 is 10.6 Å². The minimum atomic E-state index is 0.00399. The van der Waals surface area contributed by atoms with Crippen LogP contribution in [0.2, 0.25) is 0 Å². The highest BCUT2D eigenvalue weighted by Crippen LogP contribution is 2.14. The van der Waals surface area contributed by atoms with Crippen molar-refractivity contribution in [2.45, 2.75) is 20.0 Å². The Hall–Kier alpha value is -3.35. The number of aliphatic imine (C=N–C) groups is 1. The number of aromatic nitrogens is 2. The van der Waals surface area contributed by atoms with E-state index < -0.39 is 0 Å². The number of fused-ring (bicyclic) bond motifs is 1. The van der Waals surface area contributed by atoms with Crippen LogP contribution in [0.5, 0.6) is 0 Å². The third kappa shape index (κ3) is 4.93. The van der Waals surface area contributed by atoms with Crippen molar-refractivity contribution in [2.75, 3.05) is 27.7 Å². The first kappa shape index (κ1) is 20.4. The van der Waals surface area contributed by atoms with Gasteiger partial charge in [-0.25, -0.2) is 4.98 Å². The number of nitrogens with one attached hydrogen (secondary N) is 2. The second-order valence-electron chi connectivity index (χ2n) is 7.05. The summed E-state index contributed by atoms with van der Waals surface area (Å²) in [4.78, 5) is 22.4. The molecule has 0 fully saturated rings. The molecule has 29 heavy (non-hydrogen) atoms. The van der Waals surface area contributed by atoms with Gasteiger partial charge in [0.1, 0.15) is 5.82 Å². The van der Waals surface area contributed by atoms with Gasteiger partial charge in [0.05, 0.1) is 11.0 Å². The molecule has 0 aliphatic heterocycles. The van der Waals surface area contributed by atoms with Gasteiger partial charge in [0.25, 0.3) is 5.91 Å². The van der Waals surface area contributed by atoms with Crippen LogP contribution in [-0.2, 0) is 13.1 Å². The van der Waals surface area contributed by atoms with Crippen LogP contribution in [-0.4, -0.2) is 54.0 Å². The molecule has 0 aliphatic rings. The van der Waals surface area contributed by atoms with Gasteiger partial charge in [-0.1, -0.05) is 24.3 Å². The zero-order chi connectivity index (χ0) is 20.8. The van der Waals surface area contributed by atoms with E-state index in [1.807, 2.05) is 49.4 Å². The fourth-order valence-electron chi connectivity index (χ4n) is 3.19. The lowest BCUT2D eigenvalue weighted by Gasteiger charge is -2.14. The molecule has 2 aromatic carbocycles. The highest BCUT2D eigenvalue weighted by Gasteiger charge is 2.08. The largest absolute Gasteiger partial charge is 0.355 e. The van der Waals surface area contributed by atoms with Crippen molar-refractivity contribution in [1.82, 2.24) is 25.1 Å². The van der Waals surface area contributed by atoms with Crippen LogP contribution in [0.3, 0.4) is 0 Å². The van der Waals surface area contributed by atoms with Gasteiger partial charge in [0.15, 0.2) is 5.96 Å². The summed E-state index contributed by atoms with van der Waals surface area (Å²) in [6.45, 7) is 4.19. The zero-order valence-electron chi connectivity index (χ0n) is 17.4. The number of rotatable bonds is 6. The molecule has 0 saturated heterocycles.